The van der Waals surface area contributed by atoms with Gasteiger partial charge in [0.25, 0.3) is 5.56 Å². The predicted octanol–water partition coefficient (Wildman–Crippen LogP) is 3.05. The Morgan fingerprint density at radius 1 is 1.25 bits per heavy atom. The minimum absolute atomic E-state index is 0.0344. The molecule has 3 heteroatoms. The Kier molecular flexibility index (Phi) is 3.20. The van der Waals surface area contributed by atoms with Crippen LogP contribution in [0, 0.1) is 5.92 Å². The Morgan fingerprint density at radius 2 is 1.95 bits per heavy atom. The highest BCUT2D eigenvalue weighted by Crippen LogP contribution is 2.51. The molecule has 1 aromatic carbocycles. The third kappa shape index (κ3) is 2.40. The fourth-order valence-corrected chi connectivity index (χ4v) is 2.80. The van der Waals surface area contributed by atoms with Crippen LogP contribution in [0.3, 0.4) is 0 Å². The number of hydrogen-bond donors (Lipinski definition) is 1. The second-order valence-electron chi connectivity index (χ2n) is 6.13. The molecule has 3 nitrogen and oxygen atoms in total. The molecule has 0 radical (unpaired) electrons. The van der Waals surface area contributed by atoms with Gasteiger partial charge in [0, 0.05) is 11.8 Å². The van der Waals surface area contributed by atoms with E-state index in [-0.39, 0.29) is 11.0 Å². The zero-order chi connectivity index (χ0) is 14.2. The van der Waals surface area contributed by atoms with Gasteiger partial charge in [0.1, 0.15) is 5.82 Å². The van der Waals surface area contributed by atoms with Gasteiger partial charge in [-0.25, -0.2) is 4.98 Å². The molecule has 1 N–H and O–H groups in total. The van der Waals surface area contributed by atoms with Crippen LogP contribution in [0.25, 0.3) is 0 Å². The second kappa shape index (κ2) is 4.89. The third-order valence-corrected chi connectivity index (χ3v) is 3.94. The normalized spacial score (nSPS) is 16.4. The molecular formula is C17H20N2O. The first-order chi connectivity index (χ1) is 9.60. The lowest BCUT2D eigenvalue weighted by Gasteiger charge is -2.16. The monoisotopic (exact) mass is 268 g/mol. The molecular weight excluding hydrogens is 248 g/mol. The van der Waals surface area contributed by atoms with E-state index in [4.69, 9.17) is 4.98 Å². The van der Waals surface area contributed by atoms with Crippen LogP contribution in [-0.4, -0.2) is 9.97 Å². The summed E-state index contributed by atoms with van der Waals surface area (Å²) in [6, 6.07) is 12.0. The van der Waals surface area contributed by atoms with Crippen molar-refractivity contribution in [3.05, 3.63) is 63.8 Å². The van der Waals surface area contributed by atoms with Crippen molar-refractivity contribution in [2.45, 2.75) is 38.5 Å². The fourth-order valence-electron chi connectivity index (χ4n) is 2.80. The average molecular weight is 268 g/mol. The van der Waals surface area contributed by atoms with Crippen molar-refractivity contribution in [2.24, 2.45) is 5.92 Å². The number of aromatic amines is 1. The van der Waals surface area contributed by atoms with E-state index in [2.05, 4.69) is 31.0 Å². The van der Waals surface area contributed by atoms with E-state index in [1.165, 1.54) is 5.56 Å². The summed E-state index contributed by atoms with van der Waals surface area (Å²) >= 11 is 0. The zero-order valence-corrected chi connectivity index (χ0v) is 12.0. The number of H-pyrrole nitrogens is 1. The first-order valence-corrected chi connectivity index (χ1v) is 7.26. The van der Waals surface area contributed by atoms with E-state index in [1.807, 2.05) is 18.2 Å². The van der Waals surface area contributed by atoms with Crippen molar-refractivity contribution in [2.75, 3.05) is 0 Å². The van der Waals surface area contributed by atoms with Crippen LogP contribution in [-0.2, 0) is 11.8 Å². The summed E-state index contributed by atoms with van der Waals surface area (Å²) in [4.78, 5) is 19.6. The number of nitrogens with zero attached hydrogens (tertiary/aromatic N) is 1. The zero-order valence-electron chi connectivity index (χ0n) is 12.0. The Balaban J connectivity index is 2.02. The molecule has 0 unspecified atom stereocenters. The van der Waals surface area contributed by atoms with Crippen molar-refractivity contribution in [3.63, 3.8) is 0 Å². The summed E-state index contributed by atoms with van der Waals surface area (Å²) in [5.41, 5.74) is 2.06. The molecule has 1 saturated carbocycles. The standard InChI is InChI=1S/C17H20N2O/c1-12(2)10-14-11-15(20)19-16(18-14)17(8-9-17)13-6-4-3-5-7-13/h3-7,11-12H,8-10H2,1-2H3,(H,18,19,20). The second-order valence-corrected chi connectivity index (χ2v) is 6.13. The molecule has 0 atom stereocenters. The van der Waals surface area contributed by atoms with Crippen LogP contribution >= 0.6 is 0 Å². The summed E-state index contributed by atoms with van der Waals surface area (Å²) in [6.07, 6.45) is 2.97. The van der Waals surface area contributed by atoms with Gasteiger partial charge in [0.2, 0.25) is 0 Å². The predicted molar refractivity (Wildman–Crippen MR) is 79.9 cm³/mol. The quantitative estimate of drug-likeness (QED) is 0.926. The highest BCUT2D eigenvalue weighted by molar-refractivity contribution is 5.39. The van der Waals surface area contributed by atoms with Crippen molar-refractivity contribution in [1.29, 1.82) is 0 Å². The maximum absolute atomic E-state index is 11.9. The molecule has 0 spiro atoms. The summed E-state index contributed by atoms with van der Waals surface area (Å²) in [7, 11) is 0. The van der Waals surface area contributed by atoms with Gasteiger partial charge in [-0.3, -0.25) is 4.79 Å². The van der Waals surface area contributed by atoms with E-state index >= 15 is 0 Å². The highest BCUT2D eigenvalue weighted by atomic mass is 16.1. The molecule has 104 valence electrons. The van der Waals surface area contributed by atoms with E-state index in [1.54, 1.807) is 6.07 Å². The molecule has 1 aliphatic carbocycles. The molecule has 1 aromatic heterocycles. The van der Waals surface area contributed by atoms with Gasteiger partial charge in [-0.15, -0.1) is 0 Å². The molecule has 1 fully saturated rings. The maximum atomic E-state index is 11.9. The smallest absolute Gasteiger partial charge is 0.251 e. The largest absolute Gasteiger partial charge is 0.310 e. The van der Waals surface area contributed by atoms with E-state index in [0.717, 1.165) is 30.8 Å². The lowest BCUT2D eigenvalue weighted by Crippen LogP contribution is -2.21. The van der Waals surface area contributed by atoms with Crippen LogP contribution in [0.2, 0.25) is 0 Å². The lowest BCUT2D eigenvalue weighted by molar-refractivity contribution is 0.622. The summed E-state index contributed by atoms with van der Waals surface area (Å²) in [6.45, 7) is 4.29. The minimum Gasteiger partial charge on any atom is -0.310 e. The van der Waals surface area contributed by atoms with Crippen molar-refractivity contribution in [3.8, 4) is 0 Å². The van der Waals surface area contributed by atoms with Crippen LogP contribution in [0.15, 0.2) is 41.2 Å². The van der Waals surface area contributed by atoms with Crippen molar-refractivity contribution >= 4 is 0 Å². The van der Waals surface area contributed by atoms with Gasteiger partial charge in [-0.1, -0.05) is 44.2 Å². The molecule has 0 aliphatic heterocycles. The van der Waals surface area contributed by atoms with E-state index in [0.29, 0.717) is 5.92 Å². The molecule has 3 rings (SSSR count). The number of hydrogen-bond acceptors (Lipinski definition) is 2. The topological polar surface area (TPSA) is 45.8 Å². The van der Waals surface area contributed by atoms with Crippen molar-refractivity contribution < 1.29 is 0 Å². The molecule has 1 aliphatic rings. The van der Waals surface area contributed by atoms with E-state index < -0.39 is 0 Å². The van der Waals surface area contributed by atoms with Gasteiger partial charge in [0.05, 0.1) is 5.41 Å². The van der Waals surface area contributed by atoms with Gasteiger partial charge in [-0.2, -0.15) is 0 Å². The molecule has 0 amide bonds. The summed E-state index contributed by atoms with van der Waals surface area (Å²) < 4.78 is 0. The van der Waals surface area contributed by atoms with Gasteiger partial charge in [-0.05, 0) is 30.7 Å². The Morgan fingerprint density at radius 3 is 2.55 bits per heavy atom. The SMILES string of the molecule is CC(C)Cc1cc(=O)[nH]c(C2(c3ccccc3)CC2)n1. The third-order valence-electron chi connectivity index (χ3n) is 3.94. The number of benzene rings is 1. The van der Waals surface area contributed by atoms with Crippen LogP contribution in [0.1, 0.15) is 43.8 Å². The Labute approximate surface area is 119 Å². The summed E-state index contributed by atoms with van der Waals surface area (Å²) in [5, 5.41) is 0. The highest BCUT2D eigenvalue weighted by Gasteiger charge is 2.48. The summed E-state index contributed by atoms with van der Waals surface area (Å²) in [5.74, 6) is 1.34. The lowest BCUT2D eigenvalue weighted by atomic mass is 9.95. The van der Waals surface area contributed by atoms with Gasteiger partial charge < -0.3 is 4.98 Å². The first-order valence-electron chi connectivity index (χ1n) is 7.26. The van der Waals surface area contributed by atoms with Gasteiger partial charge >= 0.3 is 0 Å². The molecule has 1 heterocycles. The Bertz CT molecular complexity index is 654. The number of rotatable bonds is 4. The average Bonchev–Trinajstić information content (AvgIpc) is 3.19. The number of aromatic nitrogens is 2. The fraction of sp³-hybridized carbons (Fsp3) is 0.412. The van der Waals surface area contributed by atoms with Crippen LogP contribution < -0.4 is 5.56 Å². The minimum atomic E-state index is -0.0621. The number of nitrogens with one attached hydrogen (secondary N) is 1. The van der Waals surface area contributed by atoms with Crippen LogP contribution in [0.5, 0.6) is 0 Å². The molecule has 0 bridgehead atoms. The molecule has 20 heavy (non-hydrogen) atoms. The maximum Gasteiger partial charge on any atom is 0.251 e. The molecule has 0 saturated heterocycles. The first kappa shape index (κ1) is 13.1. The van der Waals surface area contributed by atoms with Crippen LogP contribution in [0.4, 0.5) is 0 Å². The van der Waals surface area contributed by atoms with Gasteiger partial charge in [0.15, 0.2) is 0 Å². The Hall–Kier alpha value is -1.90. The van der Waals surface area contributed by atoms with E-state index in [9.17, 15) is 4.79 Å². The molecule has 2 aromatic rings. The van der Waals surface area contributed by atoms with Crippen molar-refractivity contribution in [1.82, 2.24) is 9.97 Å².